The number of carbonyl (C=O) groups excluding carboxylic acids is 1. The van der Waals surface area contributed by atoms with E-state index < -0.39 is 0 Å². The first-order valence-electron chi connectivity index (χ1n) is 7.42. The van der Waals surface area contributed by atoms with E-state index in [-0.39, 0.29) is 11.9 Å². The molecule has 0 aromatic carbocycles. The predicted molar refractivity (Wildman–Crippen MR) is 72.1 cm³/mol. The lowest BCUT2D eigenvalue weighted by atomic mass is 9.98. The number of allylic oxidation sites excluding steroid dienone is 2. The number of esters is 1. The smallest absolute Gasteiger partial charge is 0.315 e. The third-order valence-corrected chi connectivity index (χ3v) is 3.86. The molecule has 0 radical (unpaired) electrons. The second-order valence-electron chi connectivity index (χ2n) is 5.48. The number of hydrogen-bond donors (Lipinski definition) is 0. The first kappa shape index (κ1) is 13.6. The molecule has 2 rings (SSSR count). The minimum Gasteiger partial charge on any atom is -0.431 e. The first-order valence-corrected chi connectivity index (χ1v) is 7.42. The number of ether oxygens (including phenoxy) is 1. The molecule has 0 aromatic rings. The van der Waals surface area contributed by atoms with Crippen LogP contribution in [0.15, 0.2) is 11.8 Å². The summed E-state index contributed by atoms with van der Waals surface area (Å²) in [6.45, 7) is 5.32. The molecule has 18 heavy (non-hydrogen) atoms. The van der Waals surface area contributed by atoms with E-state index in [1.54, 1.807) is 0 Å². The molecule has 0 spiro atoms. The molecule has 0 bridgehead atoms. The van der Waals surface area contributed by atoms with Crippen molar-refractivity contribution in [3.63, 3.8) is 0 Å². The van der Waals surface area contributed by atoms with Crippen LogP contribution >= 0.6 is 0 Å². The molecule has 102 valence electrons. The Balaban J connectivity index is 1.82. The van der Waals surface area contributed by atoms with Crippen molar-refractivity contribution in [3.8, 4) is 0 Å². The van der Waals surface area contributed by atoms with Gasteiger partial charge >= 0.3 is 5.97 Å². The van der Waals surface area contributed by atoms with Crippen LogP contribution in [0.4, 0.5) is 0 Å². The van der Waals surface area contributed by atoms with Crippen molar-refractivity contribution in [2.45, 2.75) is 51.9 Å². The van der Waals surface area contributed by atoms with Gasteiger partial charge in [-0.2, -0.15) is 0 Å². The number of hydrogen-bond acceptors (Lipinski definition) is 3. The highest BCUT2D eigenvalue weighted by Gasteiger charge is 2.27. The Bertz CT molecular complexity index is 310. The van der Waals surface area contributed by atoms with E-state index in [0.29, 0.717) is 0 Å². The zero-order valence-corrected chi connectivity index (χ0v) is 11.5. The molecule has 3 nitrogen and oxygen atoms in total. The molecule has 1 fully saturated rings. The zero-order chi connectivity index (χ0) is 12.8. The lowest BCUT2D eigenvalue weighted by molar-refractivity contribution is -0.146. The maximum atomic E-state index is 12.1. The highest BCUT2D eigenvalue weighted by Crippen LogP contribution is 2.23. The van der Waals surface area contributed by atoms with Gasteiger partial charge in [0.15, 0.2) is 0 Å². The number of carbonyl (C=O) groups is 1. The number of piperidine rings is 1. The number of rotatable bonds is 4. The maximum absolute atomic E-state index is 12.1. The Morgan fingerprint density at radius 2 is 2.33 bits per heavy atom. The van der Waals surface area contributed by atoms with Gasteiger partial charge in [-0.25, -0.2) is 0 Å². The monoisotopic (exact) mass is 251 g/mol. The summed E-state index contributed by atoms with van der Waals surface area (Å²) in [6.07, 6.45) is 9.76. The number of nitrogens with zero attached hydrogens (tertiary/aromatic N) is 1. The lowest BCUT2D eigenvalue weighted by Gasteiger charge is -2.31. The van der Waals surface area contributed by atoms with Crippen LogP contribution in [-0.2, 0) is 9.53 Å². The SMILES string of the molecule is CCCN1CCCC(C(=O)OC2=CCCCC2)C1. The van der Waals surface area contributed by atoms with Gasteiger partial charge in [0.1, 0.15) is 5.76 Å². The van der Waals surface area contributed by atoms with Crippen LogP contribution in [0.5, 0.6) is 0 Å². The fourth-order valence-corrected chi connectivity index (χ4v) is 2.88. The summed E-state index contributed by atoms with van der Waals surface area (Å²) in [7, 11) is 0. The van der Waals surface area contributed by atoms with Gasteiger partial charge in [0, 0.05) is 13.0 Å². The topological polar surface area (TPSA) is 29.5 Å². The molecule has 0 saturated carbocycles. The summed E-state index contributed by atoms with van der Waals surface area (Å²) in [4.78, 5) is 14.5. The van der Waals surface area contributed by atoms with Crippen LogP contribution < -0.4 is 0 Å². The minimum atomic E-state index is 0.00366. The highest BCUT2D eigenvalue weighted by atomic mass is 16.5. The molecule has 1 aliphatic carbocycles. The van der Waals surface area contributed by atoms with Crippen LogP contribution in [-0.4, -0.2) is 30.5 Å². The average Bonchev–Trinajstić information content (AvgIpc) is 2.40. The van der Waals surface area contributed by atoms with E-state index in [0.717, 1.165) is 63.9 Å². The Labute approximate surface area is 110 Å². The molecule has 0 amide bonds. The molecule has 0 aromatic heterocycles. The van der Waals surface area contributed by atoms with Crippen molar-refractivity contribution in [1.29, 1.82) is 0 Å². The van der Waals surface area contributed by atoms with Crippen LogP contribution in [0.3, 0.4) is 0 Å². The molecule has 1 aliphatic heterocycles. The van der Waals surface area contributed by atoms with E-state index in [1.165, 1.54) is 6.42 Å². The second kappa shape index (κ2) is 6.93. The molecule has 0 N–H and O–H groups in total. The molecule has 1 atom stereocenters. The second-order valence-corrected chi connectivity index (χ2v) is 5.48. The molecule has 3 heteroatoms. The van der Waals surface area contributed by atoms with Crippen molar-refractivity contribution in [1.82, 2.24) is 4.90 Å². The van der Waals surface area contributed by atoms with E-state index in [4.69, 9.17) is 4.74 Å². The van der Waals surface area contributed by atoms with Gasteiger partial charge in [0.05, 0.1) is 5.92 Å². The average molecular weight is 251 g/mol. The Kier molecular flexibility index (Phi) is 5.24. The van der Waals surface area contributed by atoms with Gasteiger partial charge in [0.2, 0.25) is 0 Å². The fraction of sp³-hybridized carbons (Fsp3) is 0.800. The zero-order valence-electron chi connectivity index (χ0n) is 11.5. The largest absolute Gasteiger partial charge is 0.431 e. The first-order chi connectivity index (χ1) is 8.79. The van der Waals surface area contributed by atoms with Gasteiger partial charge < -0.3 is 9.64 Å². The Hall–Kier alpha value is -0.830. The van der Waals surface area contributed by atoms with Gasteiger partial charge in [-0.15, -0.1) is 0 Å². The van der Waals surface area contributed by atoms with Crippen molar-refractivity contribution >= 4 is 5.97 Å². The number of likely N-dealkylation sites (tertiary alicyclic amines) is 1. The molecule has 2 aliphatic rings. The molecule has 1 heterocycles. The predicted octanol–water partition coefficient (Wildman–Crippen LogP) is 3.11. The third kappa shape index (κ3) is 3.84. The normalized spacial score (nSPS) is 25.6. The fourth-order valence-electron chi connectivity index (χ4n) is 2.88. The van der Waals surface area contributed by atoms with Crippen LogP contribution in [0.25, 0.3) is 0 Å². The summed E-state index contributed by atoms with van der Waals surface area (Å²) >= 11 is 0. The van der Waals surface area contributed by atoms with E-state index in [2.05, 4.69) is 17.9 Å². The maximum Gasteiger partial charge on any atom is 0.315 e. The minimum absolute atomic E-state index is 0.00366. The Morgan fingerprint density at radius 3 is 3.06 bits per heavy atom. The van der Waals surface area contributed by atoms with Gasteiger partial charge in [0.25, 0.3) is 0 Å². The molecular formula is C15H25NO2. The van der Waals surface area contributed by atoms with Gasteiger partial charge in [-0.1, -0.05) is 6.92 Å². The van der Waals surface area contributed by atoms with E-state index in [9.17, 15) is 4.79 Å². The van der Waals surface area contributed by atoms with Crippen LogP contribution in [0.1, 0.15) is 51.9 Å². The van der Waals surface area contributed by atoms with Crippen LogP contribution in [0, 0.1) is 5.92 Å². The summed E-state index contributed by atoms with van der Waals surface area (Å²) in [5, 5.41) is 0. The van der Waals surface area contributed by atoms with E-state index in [1.807, 2.05) is 0 Å². The highest BCUT2D eigenvalue weighted by molar-refractivity contribution is 5.74. The Morgan fingerprint density at radius 1 is 1.44 bits per heavy atom. The van der Waals surface area contributed by atoms with Crippen molar-refractivity contribution in [3.05, 3.63) is 11.8 Å². The van der Waals surface area contributed by atoms with E-state index >= 15 is 0 Å². The summed E-state index contributed by atoms with van der Waals surface area (Å²) < 4.78 is 5.55. The summed E-state index contributed by atoms with van der Waals surface area (Å²) in [5.74, 6) is 1.01. The summed E-state index contributed by atoms with van der Waals surface area (Å²) in [6, 6.07) is 0. The molecule has 1 saturated heterocycles. The van der Waals surface area contributed by atoms with Gasteiger partial charge in [-0.3, -0.25) is 4.79 Å². The van der Waals surface area contributed by atoms with Crippen molar-refractivity contribution in [2.24, 2.45) is 5.92 Å². The quantitative estimate of drug-likeness (QED) is 0.719. The third-order valence-electron chi connectivity index (χ3n) is 3.86. The van der Waals surface area contributed by atoms with Crippen molar-refractivity contribution < 1.29 is 9.53 Å². The van der Waals surface area contributed by atoms with Crippen LogP contribution in [0.2, 0.25) is 0 Å². The van der Waals surface area contributed by atoms with Crippen molar-refractivity contribution in [2.75, 3.05) is 19.6 Å². The molecule has 1 unspecified atom stereocenters. The lowest BCUT2D eigenvalue weighted by Crippen LogP contribution is -2.39. The summed E-state index contributed by atoms with van der Waals surface area (Å²) in [5.41, 5.74) is 0. The van der Waals surface area contributed by atoms with Gasteiger partial charge in [-0.05, 0) is 57.7 Å². The standard InChI is InChI=1S/C15H25NO2/c1-2-10-16-11-6-7-13(12-16)15(17)18-14-8-4-3-5-9-14/h8,13H,2-7,9-12H2,1H3. The molecular weight excluding hydrogens is 226 g/mol.